The Balaban J connectivity index is 2.56. The van der Waals surface area contributed by atoms with Gasteiger partial charge < -0.3 is 4.74 Å². The largest absolute Gasteiger partial charge is 0.464 e. The van der Waals surface area contributed by atoms with E-state index in [4.69, 9.17) is 0 Å². The predicted molar refractivity (Wildman–Crippen MR) is 67.7 cm³/mol. The zero-order valence-electron chi connectivity index (χ0n) is 10.1. The first kappa shape index (κ1) is 12.7. The average molecular weight is 258 g/mol. The molecule has 0 bridgehead atoms. The molecule has 0 aliphatic heterocycles. The molecule has 0 amide bonds. The van der Waals surface area contributed by atoms with Gasteiger partial charge in [-0.25, -0.2) is 9.78 Å². The van der Waals surface area contributed by atoms with Crippen molar-refractivity contribution in [1.82, 2.24) is 4.98 Å². The maximum atomic E-state index is 11.5. The number of ether oxygens (including phenoxy) is 1. The van der Waals surface area contributed by atoms with Crippen LogP contribution in [0.3, 0.4) is 0 Å². The average Bonchev–Trinajstić information content (AvgIpc) is 2.46. The molecule has 1 aromatic heterocycles. The van der Waals surface area contributed by atoms with Crippen molar-refractivity contribution in [3.8, 4) is 11.3 Å². The third-order valence-electron chi connectivity index (χ3n) is 2.52. The first-order valence-corrected chi connectivity index (χ1v) is 5.42. The molecule has 0 radical (unpaired) electrons. The lowest BCUT2D eigenvalue weighted by molar-refractivity contribution is -0.385. The topological polar surface area (TPSA) is 82.3 Å². The first-order valence-electron chi connectivity index (χ1n) is 5.42. The third kappa shape index (κ3) is 2.57. The molecule has 0 fully saturated rings. The molecule has 2 rings (SSSR count). The molecule has 0 aliphatic rings. The van der Waals surface area contributed by atoms with E-state index >= 15 is 0 Å². The minimum atomic E-state index is -0.829. The van der Waals surface area contributed by atoms with Gasteiger partial charge in [-0.1, -0.05) is 30.3 Å². The summed E-state index contributed by atoms with van der Waals surface area (Å²) in [6.45, 7) is 0. The maximum Gasteiger partial charge on any atom is 0.363 e. The first-order chi connectivity index (χ1) is 9.13. The van der Waals surface area contributed by atoms with E-state index in [0.717, 1.165) is 12.7 Å². The van der Waals surface area contributed by atoms with Gasteiger partial charge in [0.2, 0.25) is 5.69 Å². The Hall–Kier alpha value is -2.76. The second kappa shape index (κ2) is 5.26. The predicted octanol–water partition coefficient (Wildman–Crippen LogP) is 2.44. The van der Waals surface area contributed by atoms with Crippen molar-refractivity contribution in [2.75, 3.05) is 7.11 Å². The fourth-order valence-electron chi connectivity index (χ4n) is 1.62. The van der Waals surface area contributed by atoms with Crippen molar-refractivity contribution in [3.63, 3.8) is 0 Å². The summed E-state index contributed by atoms with van der Waals surface area (Å²) in [5, 5.41) is 10.8. The number of hydrogen-bond acceptors (Lipinski definition) is 5. The Morgan fingerprint density at radius 3 is 2.47 bits per heavy atom. The summed E-state index contributed by atoms with van der Waals surface area (Å²) in [5.41, 5.74) is 0.578. The van der Waals surface area contributed by atoms with E-state index in [2.05, 4.69) is 9.72 Å². The van der Waals surface area contributed by atoms with Crippen molar-refractivity contribution >= 4 is 11.7 Å². The highest BCUT2D eigenvalue weighted by Gasteiger charge is 2.23. The van der Waals surface area contributed by atoms with Gasteiger partial charge in [-0.2, -0.15) is 0 Å². The Bertz CT molecular complexity index is 626. The molecule has 2 aromatic rings. The number of rotatable bonds is 3. The minimum absolute atomic E-state index is 0.297. The number of carbonyl (C=O) groups is 1. The normalized spacial score (nSPS) is 9.95. The van der Waals surface area contributed by atoms with Crippen LogP contribution in [0.25, 0.3) is 11.3 Å². The molecular weight excluding hydrogens is 248 g/mol. The molecular formula is C13H10N2O4. The summed E-state index contributed by atoms with van der Waals surface area (Å²) < 4.78 is 4.51. The summed E-state index contributed by atoms with van der Waals surface area (Å²) in [4.78, 5) is 25.7. The standard InChI is InChI=1S/C13H10N2O4/c1-19-13(16)12-11(15(17)18)8-7-10(14-12)9-5-3-2-4-6-9/h2-8H,1H3. The highest BCUT2D eigenvalue weighted by molar-refractivity contribution is 5.92. The molecule has 1 aromatic carbocycles. The van der Waals surface area contributed by atoms with Crippen LogP contribution in [0.1, 0.15) is 10.5 Å². The minimum Gasteiger partial charge on any atom is -0.464 e. The van der Waals surface area contributed by atoms with Crippen LogP contribution in [0.2, 0.25) is 0 Å². The lowest BCUT2D eigenvalue weighted by Gasteiger charge is -2.04. The van der Waals surface area contributed by atoms with Crippen LogP contribution in [0, 0.1) is 10.1 Å². The Kier molecular flexibility index (Phi) is 3.51. The van der Waals surface area contributed by atoms with E-state index < -0.39 is 10.9 Å². The number of benzene rings is 1. The zero-order valence-corrected chi connectivity index (χ0v) is 10.1. The van der Waals surface area contributed by atoms with Crippen molar-refractivity contribution in [2.45, 2.75) is 0 Å². The van der Waals surface area contributed by atoms with Crippen LogP contribution in [0.4, 0.5) is 5.69 Å². The van der Waals surface area contributed by atoms with Crippen molar-refractivity contribution in [3.05, 3.63) is 58.3 Å². The van der Waals surface area contributed by atoms with Crippen LogP contribution in [-0.4, -0.2) is 23.0 Å². The van der Waals surface area contributed by atoms with Crippen LogP contribution in [-0.2, 0) is 4.74 Å². The second-order valence-electron chi connectivity index (χ2n) is 3.68. The lowest BCUT2D eigenvalue weighted by atomic mass is 10.1. The van der Waals surface area contributed by atoms with E-state index in [1.165, 1.54) is 12.1 Å². The molecule has 0 aliphatic carbocycles. The van der Waals surface area contributed by atoms with Gasteiger partial charge in [0.15, 0.2) is 0 Å². The maximum absolute atomic E-state index is 11.5. The number of pyridine rings is 1. The Labute approximate surface area is 108 Å². The summed E-state index contributed by atoms with van der Waals surface area (Å²) in [5.74, 6) is -0.829. The van der Waals surface area contributed by atoms with Gasteiger partial charge in [0.1, 0.15) is 0 Å². The van der Waals surface area contributed by atoms with Crippen molar-refractivity contribution in [1.29, 1.82) is 0 Å². The molecule has 0 saturated heterocycles. The molecule has 19 heavy (non-hydrogen) atoms. The fraction of sp³-hybridized carbons (Fsp3) is 0.0769. The number of carbonyl (C=O) groups excluding carboxylic acids is 1. The molecule has 1 heterocycles. The van der Waals surface area contributed by atoms with Crippen LogP contribution in [0.5, 0.6) is 0 Å². The molecule has 0 unspecified atom stereocenters. The number of nitro groups is 1. The highest BCUT2D eigenvalue weighted by atomic mass is 16.6. The van der Waals surface area contributed by atoms with Gasteiger partial charge in [0.05, 0.1) is 17.7 Å². The zero-order chi connectivity index (χ0) is 13.8. The van der Waals surface area contributed by atoms with Gasteiger partial charge >= 0.3 is 11.7 Å². The van der Waals surface area contributed by atoms with E-state index in [0.29, 0.717) is 5.69 Å². The van der Waals surface area contributed by atoms with Gasteiger partial charge in [0.25, 0.3) is 0 Å². The number of methoxy groups -OCH3 is 1. The van der Waals surface area contributed by atoms with E-state index in [1.807, 2.05) is 18.2 Å². The Morgan fingerprint density at radius 1 is 1.21 bits per heavy atom. The number of esters is 1. The molecule has 0 saturated carbocycles. The molecule has 96 valence electrons. The third-order valence-corrected chi connectivity index (χ3v) is 2.52. The number of nitrogens with zero attached hydrogens (tertiary/aromatic N) is 2. The molecule has 0 atom stereocenters. The molecule has 6 heteroatoms. The van der Waals surface area contributed by atoms with Gasteiger partial charge in [0, 0.05) is 11.6 Å². The van der Waals surface area contributed by atoms with Gasteiger partial charge in [-0.05, 0) is 6.07 Å². The van der Waals surface area contributed by atoms with Crippen LogP contribution in [0.15, 0.2) is 42.5 Å². The Morgan fingerprint density at radius 2 is 1.89 bits per heavy atom. The summed E-state index contributed by atoms with van der Waals surface area (Å²) in [6, 6.07) is 11.8. The number of hydrogen-bond donors (Lipinski definition) is 0. The molecule has 0 N–H and O–H groups in total. The highest BCUT2D eigenvalue weighted by Crippen LogP contribution is 2.23. The van der Waals surface area contributed by atoms with Crippen molar-refractivity contribution in [2.24, 2.45) is 0 Å². The monoisotopic (exact) mass is 258 g/mol. The fourth-order valence-corrected chi connectivity index (χ4v) is 1.62. The number of aromatic nitrogens is 1. The molecule has 6 nitrogen and oxygen atoms in total. The molecule has 0 spiro atoms. The summed E-state index contributed by atoms with van der Waals surface area (Å²) in [6.07, 6.45) is 0. The van der Waals surface area contributed by atoms with E-state index in [1.54, 1.807) is 12.1 Å². The second-order valence-corrected chi connectivity index (χ2v) is 3.68. The smallest absolute Gasteiger partial charge is 0.363 e. The van der Waals surface area contributed by atoms with Crippen LogP contribution >= 0.6 is 0 Å². The quantitative estimate of drug-likeness (QED) is 0.479. The summed E-state index contributed by atoms with van der Waals surface area (Å²) >= 11 is 0. The SMILES string of the molecule is COC(=O)c1nc(-c2ccccc2)ccc1[N+](=O)[O-]. The van der Waals surface area contributed by atoms with E-state index in [9.17, 15) is 14.9 Å². The van der Waals surface area contributed by atoms with Gasteiger partial charge in [-0.3, -0.25) is 10.1 Å². The van der Waals surface area contributed by atoms with E-state index in [-0.39, 0.29) is 11.4 Å². The van der Waals surface area contributed by atoms with Crippen molar-refractivity contribution < 1.29 is 14.5 Å². The lowest BCUT2D eigenvalue weighted by Crippen LogP contribution is -2.09. The summed E-state index contributed by atoms with van der Waals surface area (Å²) in [7, 11) is 1.16. The van der Waals surface area contributed by atoms with Gasteiger partial charge in [-0.15, -0.1) is 0 Å². The van der Waals surface area contributed by atoms with Crippen LogP contribution < -0.4 is 0 Å².